The van der Waals surface area contributed by atoms with Crippen LogP contribution in [-0.2, 0) is 25.9 Å². The lowest BCUT2D eigenvalue weighted by atomic mass is 9.96. The molecule has 1 aromatic heterocycles. The van der Waals surface area contributed by atoms with Crippen molar-refractivity contribution < 1.29 is 4.57 Å². The molecule has 2 nitrogen and oxygen atoms in total. The highest BCUT2D eigenvalue weighted by atomic mass is 15.2. The van der Waals surface area contributed by atoms with Gasteiger partial charge in [0.15, 0.2) is 0 Å². The van der Waals surface area contributed by atoms with Crippen LogP contribution < -0.4 is 4.57 Å². The summed E-state index contributed by atoms with van der Waals surface area (Å²) in [5.74, 6) is 1.98. The molecule has 0 spiro atoms. The summed E-state index contributed by atoms with van der Waals surface area (Å²) in [6.45, 7) is 9.09. The van der Waals surface area contributed by atoms with E-state index >= 15 is 0 Å². The molecule has 0 aliphatic heterocycles. The van der Waals surface area contributed by atoms with Gasteiger partial charge in [-0.25, -0.2) is 9.13 Å². The predicted molar refractivity (Wildman–Crippen MR) is 127 cm³/mol. The molecule has 0 aliphatic carbocycles. The lowest BCUT2D eigenvalue weighted by Crippen LogP contribution is -2.37. The number of rotatable bonds is 12. The average Bonchev–Trinajstić information content (AvgIpc) is 3.10. The maximum atomic E-state index is 2.57. The fraction of sp³-hybridized carbons (Fsp3) is 0.464. The minimum absolute atomic E-state index is 0.522. The van der Waals surface area contributed by atoms with Crippen LogP contribution in [0.25, 0.3) is 0 Å². The zero-order valence-corrected chi connectivity index (χ0v) is 19.2. The maximum Gasteiger partial charge on any atom is 0.261 e. The molecule has 0 bridgehead atoms. The minimum atomic E-state index is 0.522. The molecule has 2 heteroatoms. The molecule has 0 aliphatic rings. The number of hydrogen-bond acceptors (Lipinski definition) is 0. The van der Waals surface area contributed by atoms with Crippen LogP contribution in [0.3, 0.4) is 0 Å². The standard InChI is InChI=1S/C28H39N2/c1-4-6-7-8-15-20-29-23-27(21-24(3)26-18-13-10-14-19-26)30(5-2)28(29)22-25-16-11-9-12-17-25/h9-14,16-19,23-24H,4-8,15,20-22H2,1-3H3/q+1. The fourth-order valence-corrected chi connectivity index (χ4v) is 4.46. The van der Waals surface area contributed by atoms with Gasteiger partial charge >= 0.3 is 0 Å². The van der Waals surface area contributed by atoms with Gasteiger partial charge in [0.25, 0.3) is 5.82 Å². The molecular weight excluding hydrogens is 364 g/mol. The van der Waals surface area contributed by atoms with Crippen molar-refractivity contribution in [1.29, 1.82) is 0 Å². The van der Waals surface area contributed by atoms with Crippen molar-refractivity contribution in [3.05, 3.63) is 89.5 Å². The van der Waals surface area contributed by atoms with Gasteiger partial charge in [0.05, 0.1) is 19.5 Å². The molecule has 0 radical (unpaired) electrons. The number of aryl methyl sites for hydroxylation is 1. The van der Waals surface area contributed by atoms with E-state index in [0.29, 0.717) is 5.92 Å². The Bertz CT molecular complexity index is 864. The summed E-state index contributed by atoms with van der Waals surface area (Å²) < 4.78 is 5.12. The van der Waals surface area contributed by atoms with E-state index in [0.717, 1.165) is 25.9 Å². The Morgan fingerprint density at radius 2 is 1.50 bits per heavy atom. The van der Waals surface area contributed by atoms with Crippen molar-refractivity contribution in [3.8, 4) is 0 Å². The summed E-state index contributed by atoms with van der Waals surface area (Å²) in [6.07, 6.45) is 11.2. The Kier molecular flexibility index (Phi) is 8.74. The molecule has 30 heavy (non-hydrogen) atoms. The second-order valence-electron chi connectivity index (χ2n) is 8.57. The molecule has 0 fully saturated rings. The first kappa shape index (κ1) is 22.3. The molecule has 2 aromatic carbocycles. The van der Waals surface area contributed by atoms with Crippen LogP contribution >= 0.6 is 0 Å². The van der Waals surface area contributed by atoms with Crippen molar-refractivity contribution in [3.63, 3.8) is 0 Å². The number of unbranched alkanes of at least 4 members (excludes halogenated alkanes) is 4. The molecule has 1 atom stereocenters. The molecule has 1 heterocycles. The second kappa shape index (κ2) is 11.7. The normalized spacial score (nSPS) is 12.2. The van der Waals surface area contributed by atoms with Gasteiger partial charge in [-0.15, -0.1) is 0 Å². The maximum absolute atomic E-state index is 2.57. The SMILES string of the molecule is CCCCCCC[n+]1cc(CC(C)c2ccccc2)n(CC)c1Cc1ccccc1. The highest BCUT2D eigenvalue weighted by Gasteiger charge is 2.24. The number of benzene rings is 2. The molecule has 3 aromatic rings. The van der Waals surface area contributed by atoms with Crippen LogP contribution in [0.1, 0.15) is 81.4 Å². The third kappa shape index (κ3) is 6.08. The van der Waals surface area contributed by atoms with E-state index in [4.69, 9.17) is 0 Å². The van der Waals surface area contributed by atoms with E-state index < -0.39 is 0 Å². The number of nitrogens with zero attached hydrogens (tertiary/aromatic N) is 2. The van der Waals surface area contributed by atoms with Gasteiger partial charge in [-0.1, -0.05) is 93.8 Å². The van der Waals surface area contributed by atoms with Crippen molar-refractivity contribution in [2.24, 2.45) is 0 Å². The van der Waals surface area contributed by atoms with Gasteiger partial charge in [-0.3, -0.25) is 0 Å². The summed E-state index contributed by atoms with van der Waals surface area (Å²) in [7, 11) is 0. The lowest BCUT2D eigenvalue weighted by molar-refractivity contribution is -0.704. The summed E-state index contributed by atoms with van der Waals surface area (Å²) >= 11 is 0. The van der Waals surface area contributed by atoms with E-state index in [1.54, 1.807) is 0 Å². The van der Waals surface area contributed by atoms with Crippen LogP contribution in [0.15, 0.2) is 66.9 Å². The Hall–Kier alpha value is -2.35. The van der Waals surface area contributed by atoms with Gasteiger partial charge in [0.1, 0.15) is 11.9 Å². The van der Waals surface area contributed by atoms with Gasteiger partial charge in [-0.05, 0) is 36.8 Å². The van der Waals surface area contributed by atoms with Crippen molar-refractivity contribution >= 4 is 0 Å². The summed E-state index contributed by atoms with van der Waals surface area (Å²) in [5.41, 5.74) is 4.29. The first-order valence-corrected chi connectivity index (χ1v) is 11.9. The third-order valence-electron chi connectivity index (χ3n) is 6.20. The van der Waals surface area contributed by atoms with Crippen LogP contribution in [0, 0.1) is 0 Å². The molecular formula is C28H39N2+. The van der Waals surface area contributed by atoms with Gasteiger partial charge < -0.3 is 0 Å². The highest BCUT2D eigenvalue weighted by molar-refractivity contribution is 5.22. The van der Waals surface area contributed by atoms with E-state index in [9.17, 15) is 0 Å². The van der Waals surface area contributed by atoms with Gasteiger partial charge in [0.2, 0.25) is 0 Å². The quantitative estimate of drug-likeness (QED) is 0.235. The van der Waals surface area contributed by atoms with Crippen LogP contribution in [-0.4, -0.2) is 4.57 Å². The average molecular weight is 404 g/mol. The topological polar surface area (TPSA) is 8.81 Å². The molecule has 0 saturated carbocycles. The van der Waals surface area contributed by atoms with E-state index in [1.165, 1.54) is 54.7 Å². The van der Waals surface area contributed by atoms with E-state index in [1.807, 2.05) is 0 Å². The highest BCUT2D eigenvalue weighted by Crippen LogP contribution is 2.21. The van der Waals surface area contributed by atoms with E-state index in [2.05, 4.69) is 96.8 Å². The zero-order chi connectivity index (χ0) is 21.2. The molecule has 160 valence electrons. The lowest BCUT2D eigenvalue weighted by Gasteiger charge is -2.11. The van der Waals surface area contributed by atoms with Crippen LogP contribution in [0.4, 0.5) is 0 Å². The summed E-state index contributed by atoms with van der Waals surface area (Å²) in [6, 6.07) is 21.9. The van der Waals surface area contributed by atoms with Crippen LogP contribution in [0.5, 0.6) is 0 Å². The molecule has 0 N–H and O–H groups in total. The Morgan fingerprint density at radius 3 is 2.17 bits per heavy atom. The number of aromatic nitrogens is 2. The van der Waals surface area contributed by atoms with E-state index in [-0.39, 0.29) is 0 Å². The second-order valence-corrected chi connectivity index (χ2v) is 8.57. The largest absolute Gasteiger partial charge is 0.261 e. The predicted octanol–water partition coefficient (Wildman–Crippen LogP) is 6.70. The fourth-order valence-electron chi connectivity index (χ4n) is 4.46. The van der Waals surface area contributed by atoms with Gasteiger partial charge in [0, 0.05) is 6.42 Å². The first-order chi connectivity index (χ1) is 14.7. The third-order valence-corrected chi connectivity index (χ3v) is 6.20. The number of imidazole rings is 1. The smallest absolute Gasteiger partial charge is 0.234 e. The summed E-state index contributed by atoms with van der Waals surface area (Å²) in [4.78, 5) is 0. The van der Waals surface area contributed by atoms with Crippen LogP contribution in [0.2, 0.25) is 0 Å². The number of hydrogen-bond donors (Lipinski definition) is 0. The molecule has 1 unspecified atom stereocenters. The molecule has 0 amide bonds. The Balaban J connectivity index is 1.83. The van der Waals surface area contributed by atoms with Crippen molar-refractivity contribution in [2.45, 2.75) is 84.7 Å². The van der Waals surface area contributed by atoms with Gasteiger partial charge in [-0.2, -0.15) is 0 Å². The monoisotopic (exact) mass is 403 g/mol. The minimum Gasteiger partial charge on any atom is -0.234 e. The summed E-state index contributed by atoms with van der Waals surface area (Å²) in [5, 5.41) is 0. The van der Waals surface area contributed by atoms with Crippen molar-refractivity contribution in [2.75, 3.05) is 0 Å². The first-order valence-electron chi connectivity index (χ1n) is 11.9. The molecule has 0 saturated heterocycles. The van der Waals surface area contributed by atoms with Crippen molar-refractivity contribution in [1.82, 2.24) is 4.57 Å². The zero-order valence-electron chi connectivity index (χ0n) is 19.2. The Labute approximate surface area is 183 Å². The Morgan fingerprint density at radius 1 is 0.833 bits per heavy atom. The molecule has 3 rings (SSSR count).